The maximum Gasteiger partial charge on any atom is 0.254 e. The number of hydrogen-bond acceptors (Lipinski definition) is 4. The van der Waals surface area contributed by atoms with E-state index in [0.717, 1.165) is 37.1 Å². The van der Waals surface area contributed by atoms with Crippen LogP contribution in [0.3, 0.4) is 0 Å². The molecule has 0 aliphatic carbocycles. The monoisotopic (exact) mass is 656 g/mol. The Balaban J connectivity index is 0.00000442. The van der Waals surface area contributed by atoms with Gasteiger partial charge in [-0.1, -0.05) is 71.7 Å². The molecule has 3 amide bonds. The van der Waals surface area contributed by atoms with Crippen molar-refractivity contribution >= 4 is 53.3 Å². The van der Waals surface area contributed by atoms with Crippen molar-refractivity contribution in [1.29, 1.82) is 0 Å². The van der Waals surface area contributed by atoms with Gasteiger partial charge in [-0.15, -0.1) is 12.4 Å². The lowest BCUT2D eigenvalue weighted by Gasteiger charge is -2.48. The van der Waals surface area contributed by atoms with Gasteiger partial charge in [0.2, 0.25) is 11.8 Å². The minimum Gasteiger partial charge on any atom is -0.346 e. The molecule has 1 N–H and O–H groups in total. The van der Waals surface area contributed by atoms with Gasteiger partial charge in [0.25, 0.3) is 5.91 Å². The van der Waals surface area contributed by atoms with Crippen LogP contribution in [0.1, 0.15) is 53.2 Å². The number of piperidine rings is 1. The highest BCUT2D eigenvalue weighted by atomic mass is 35.5. The summed E-state index contributed by atoms with van der Waals surface area (Å²) >= 11 is 12.9. The number of hydrogen-bond donors (Lipinski definition) is 1. The summed E-state index contributed by atoms with van der Waals surface area (Å²) in [6, 6.07) is 22.9. The molecule has 0 saturated carbocycles. The van der Waals surface area contributed by atoms with Gasteiger partial charge >= 0.3 is 0 Å². The average molecular weight is 658 g/mol. The van der Waals surface area contributed by atoms with Crippen molar-refractivity contribution in [3.63, 3.8) is 0 Å². The molecule has 2 aliphatic rings. The van der Waals surface area contributed by atoms with E-state index in [4.69, 9.17) is 23.2 Å². The molecule has 7 nitrogen and oxygen atoms in total. The largest absolute Gasteiger partial charge is 0.346 e. The Hall–Kier alpha value is -3.10. The van der Waals surface area contributed by atoms with Crippen LogP contribution in [0.5, 0.6) is 0 Å². The highest BCUT2D eigenvalue weighted by molar-refractivity contribution is 6.42. The molecule has 3 aromatic rings. The Morgan fingerprint density at radius 2 is 1.61 bits per heavy atom. The van der Waals surface area contributed by atoms with E-state index in [1.54, 1.807) is 42.1 Å². The van der Waals surface area contributed by atoms with E-state index in [2.05, 4.69) is 22.3 Å². The maximum atomic E-state index is 14.0. The van der Waals surface area contributed by atoms with Gasteiger partial charge in [0, 0.05) is 52.8 Å². The van der Waals surface area contributed by atoms with Crippen molar-refractivity contribution in [2.24, 2.45) is 0 Å². The highest BCUT2D eigenvalue weighted by Gasteiger charge is 2.44. The average Bonchev–Trinajstić information content (AvgIpc) is 3.01. The summed E-state index contributed by atoms with van der Waals surface area (Å²) in [6.45, 7) is 4.04. The zero-order valence-corrected chi connectivity index (χ0v) is 27.6. The Morgan fingerprint density at radius 3 is 2.27 bits per heavy atom. The van der Waals surface area contributed by atoms with Gasteiger partial charge < -0.3 is 20.0 Å². The predicted octanol–water partition coefficient (Wildman–Crippen LogP) is 5.91. The van der Waals surface area contributed by atoms with Gasteiger partial charge in [-0.25, -0.2) is 0 Å². The molecule has 1 saturated heterocycles. The van der Waals surface area contributed by atoms with Crippen molar-refractivity contribution in [2.45, 2.75) is 43.7 Å². The fraction of sp³-hybridized carbons (Fsp3) is 0.382. The van der Waals surface area contributed by atoms with Gasteiger partial charge in [-0.05, 0) is 60.2 Å². The normalized spacial score (nSPS) is 17.1. The maximum absolute atomic E-state index is 14.0. The van der Waals surface area contributed by atoms with E-state index in [9.17, 15) is 14.4 Å². The molecule has 1 atom stereocenters. The number of likely N-dealkylation sites (tertiary alicyclic amines) is 1. The number of carbonyl (C=O) groups is 3. The molecule has 2 heterocycles. The van der Waals surface area contributed by atoms with Crippen LogP contribution in [0.4, 0.5) is 0 Å². The third kappa shape index (κ3) is 6.76. The molecule has 2 aliphatic heterocycles. The molecule has 234 valence electrons. The first-order valence-electron chi connectivity index (χ1n) is 14.7. The molecule has 0 unspecified atom stereocenters. The Kier molecular flexibility index (Phi) is 10.7. The molecule has 0 aromatic heterocycles. The topological polar surface area (TPSA) is 73.0 Å². The van der Waals surface area contributed by atoms with Crippen LogP contribution in [0.15, 0.2) is 72.8 Å². The fourth-order valence-corrected chi connectivity index (χ4v) is 6.93. The molecule has 0 radical (unpaired) electrons. The van der Waals surface area contributed by atoms with E-state index in [0.29, 0.717) is 35.0 Å². The summed E-state index contributed by atoms with van der Waals surface area (Å²) in [5.74, 6) is -0.182. The molecule has 1 spiro atoms. The minimum atomic E-state index is -0.900. The summed E-state index contributed by atoms with van der Waals surface area (Å²) in [5.41, 5.74) is 2.43. The molecular formula is C34H39Cl3N4O3. The van der Waals surface area contributed by atoms with Crippen molar-refractivity contribution in [2.75, 3.05) is 40.3 Å². The van der Waals surface area contributed by atoms with Crippen molar-refractivity contribution in [3.8, 4) is 0 Å². The minimum absolute atomic E-state index is 0. The number of nitrogens with zero attached hydrogens (tertiary/aromatic N) is 3. The number of carbonyl (C=O) groups excluding carboxylic acids is 3. The fourth-order valence-electron chi connectivity index (χ4n) is 6.63. The predicted molar refractivity (Wildman–Crippen MR) is 177 cm³/mol. The lowest BCUT2D eigenvalue weighted by molar-refractivity contribution is -0.129. The third-order valence-corrected chi connectivity index (χ3v) is 10.0. The molecular weight excluding hydrogens is 619 g/mol. The van der Waals surface area contributed by atoms with Gasteiger partial charge in [0.05, 0.1) is 27.5 Å². The lowest BCUT2D eigenvalue weighted by atomic mass is 9.75. The number of amides is 3. The summed E-state index contributed by atoms with van der Waals surface area (Å²) in [6.07, 6.45) is 2.55. The standard InChI is InChI=1S/C34H38Cl2N4O3.ClH/c1-24(41)38(2)23-34(27-13-14-29(35)30(36)22-27,39(3)32(43)25-9-5-4-6-10-25)17-20-40-18-15-33(16-19-40)28-12-8-7-11-26(28)21-31(42)37-33;/h4-14,22H,15-21,23H2,1-3H3,(H,37,42);1H/t34-;/m1./s1. The Labute approximate surface area is 275 Å². The summed E-state index contributed by atoms with van der Waals surface area (Å²) in [7, 11) is 3.55. The molecule has 0 bridgehead atoms. The SMILES string of the molecule is CC(=O)N(C)C[C@](CCN1CCC2(CC1)NC(=O)Cc1ccccc12)(c1ccc(Cl)c(Cl)c1)N(C)C(=O)c1ccccc1.Cl. The second-order valence-corrected chi connectivity index (χ2v) is 12.6. The number of fused-ring (bicyclic) bond motifs is 2. The van der Waals surface area contributed by atoms with Crippen LogP contribution < -0.4 is 5.32 Å². The van der Waals surface area contributed by atoms with Crippen molar-refractivity contribution in [1.82, 2.24) is 20.0 Å². The zero-order valence-electron chi connectivity index (χ0n) is 25.3. The van der Waals surface area contributed by atoms with Gasteiger partial charge in [-0.3, -0.25) is 14.4 Å². The van der Waals surface area contributed by atoms with Crippen LogP contribution in [0.2, 0.25) is 10.0 Å². The first kappa shape index (κ1) is 33.8. The van der Waals surface area contributed by atoms with E-state index in [-0.39, 0.29) is 42.2 Å². The quantitative estimate of drug-likeness (QED) is 0.327. The van der Waals surface area contributed by atoms with Crippen molar-refractivity contribution < 1.29 is 14.4 Å². The van der Waals surface area contributed by atoms with Crippen LogP contribution in [-0.2, 0) is 27.1 Å². The van der Waals surface area contributed by atoms with Crippen molar-refractivity contribution in [3.05, 3.63) is 105 Å². The second kappa shape index (κ2) is 13.9. The van der Waals surface area contributed by atoms with Gasteiger partial charge in [-0.2, -0.15) is 0 Å². The molecule has 1 fully saturated rings. The van der Waals surface area contributed by atoms with Crippen LogP contribution in [0.25, 0.3) is 0 Å². The number of likely N-dealkylation sites (N-methyl/N-ethyl adjacent to an activating group) is 2. The first-order valence-corrected chi connectivity index (χ1v) is 15.4. The molecule has 44 heavy (non-hydrogen) atoms. The van der Waals surface area contributed by atoms with Gasteiger partial charge in [0.1, 0.15) is 0 Å². The van der Waals surface area contributed by atoms with Crippen LogP contribution in [0, 0.1) is 0 Å². The first-order chi connectivity index (χ1) is 20.5. The van der Waals surface area contributed by atoms with E-state index >= 15 is 0 Å². The number of halogens is 3. The highest BCUT2D eigenvalue weighted by Crippen LogP contribution is 2.40. The molecule has 10 heteroatoms. The van der Waals surface area contributed by atoms with E-state index in [1.807, 2.05) is 42.5 Å². The summed E-state index contributed by atoms with van der Waals surface area (Å²) in [4.78, 5) is 45.0. The summed E-state index contributed by atoms with van der Waals surface area (Å²) in [5, 5.41) is 4.13. The summed E-state index contributed by atoms with van der Waals surface area (Å²) < 4.78 is 0. The second-order valence-electron chi connectivity index (χ2n) is 11.8. The number of rotatable bonds is 8. The number of nitrogens with one attached hydrogen (secondary N) is 1. The van der Waals surface area contributed by atoms with E-state index < -0.39 is 5.54 Å². The third-order valence-electron chi connectivity index (χ3n) is 9.27. The smallest absolute Gasteiger partial charge is 0.254 e. The lowest BCUT2D eigenvalue weighted by Crippen LogP contribution is -2.58. The molecule has 3 aromatic carbocycles. The molecule has 5 rings (SSSR count). The van der Waals surface area contributed by atoms with Crippen LogP contribution >= 0.6 is 35.6 Å². The Morgan fingerprint density at radius 1 is 0.955 bits per heavy atom. The number of benzene rings is 3. The van der Waals surface area contributed by atoms with Crippen LogP contribution in [-0.4, -0.2) is 72.7 Å². The van der Waals surface area contributed by atoms with E-state index in [1.165, 1.54) is 12.5 Å². The Bertz CT molecular complexity index is 1510. The van der Waals surface area contributed by atoms with Gasteiger partial charge in [0.15, 0.2) is 0 Å². The zero-order chi connectivity index (χ0) is 30.8.